The Balaban J connectivity index is 0.000000144. The molecule has 0 aliphatic heterocycles. The van der Waals surface area contributed by atoms with Crippen molar-refractivity contribution in [2.75, 3.05) is 9.80 Å². The monoisotopic (exact) mass is 1370 g/mol. The van der Waals surface area contributed by atoms with Crippen LogP contribution in [0.15, 0.2) is 379 Å². The van der Waals surface area contributed by atoms with Gasteiger partial charge in [0.1, 0.15) is 0 Å². The summed E-state index contributed by atoms with van der Waals surface area (Å²) in [7, 11) is 0. The Morgan fingerprint density at radius 3 is 0.794 bits per heavy atom. The summed E-state index contributed by atoms with van der Waals surface area (Å²) in [6, 6.07) is 132. The van der Waals surface area contributed by atoms with Gasteiger partial charge in [0.15, 0.2) is 0 Å². The topological polar surface area (TPSA) is 26.7 Å². The zero-order valence-electron chi connectivity index (χ0n) is 53.4. The quantitative estimate of drug-likeness (QED) is 0.103. The number of rotatable bonds is 11. The highest BCUT2D eigenvalue weighted by atomic mass is 79.9. The summed E-state index contributed by atoms with van der Waals surface area (Å²) in [5, 5.41) is 24.8. The van der Waals surface area contributed by atoms with E-state index in [-0.39, 0.29) is 0 Å². The summed E-state index contributed by atoms with van der Waals surface area (Å²) in [6.07, 6.45) is 0. The van der Waals surface area contributed by atoms with Gasteiger partial charge in [0, 0.05) is 43.1 Å². The molecule has 0 amide bonds. The molecule has 17 aromatic carbocycles. The normalized spacial score (nSPS) is 11.1. The molecule has 0 radical (unpaired) electrons. The fourth-order valence-corrected chi connectivity index (χ4v) is 14.1. The van der Waals surface area contributed by atoms with Crippen LogP contribution >= 0.6 is 31.9 Å². The Morgan fingerprint density at radius 1 is 0.227 bits per heavy atom. The summed E-state index contributed by atoms with van der Waals surface area (Å²) in [4.78, 5) is 4.62. The molecule has 0 aliphatic carbocycles. The van der Waals surface area contributed by atoms with Crippen LogP contribution in [0.3, 0.4) is 0 Å². The molecule has 0 bridgehead atoms. The van der Waals surface area contributed by atoms with Crippen molar-refractivity contribution in [3.05, 3.63) is 379 Å². The first-order valence-electron chi connectivity index (χ1n) is 32.8. The second-order valence-electron chi connectivity index (χ2n) is 24.3. The molecule has 0 saturated heterocycles. The maximum atomic E-state index is 9.88. The highest BCUT2D eigenvalue weighted by molar-refractivity contribution is 9.10. The Kier molecular flexibility index (Phi) is 17.9. The molecular formula is C91H65BBr2N2O. The van der Waals surface area contributed by atoms with Crippen molar-refractivity contribution in [1.29, 1.82) is 0 Å². The second-order valence-corrected chi connectivity index (χ2v) is 26.2. The SMILES string of the molecule is Brc1ccc(N(c2ccc(Br)cc2)c2ccc(-c3ccccc3)cc2)cc1.CB(O)c1cc2ccccc2c2ccccc12.c1ccc(-c2ccc(N(c3ccc(-c4cc5ccccc5c5ccccc45)cc3)c3ccc(-c4cc5ccccc5c5ccccc45)cc3)cc2)cc1. The molecular weight excluding hydrogens is 1310 g/mol. The van der Waals surface area contributed by atoms with Gasteiger partial charge in [0.25, 0.3) is 0 Å². The predicted octanol–water partition coefficient (Wildman–Crippen LogP) is 25.9. The Bertz CT molecular complexity index is 5390. The van der Waals surface area contributed by atoms with E-state index in [4.69, 9.17) is 0 Å². The van der Waals surface area contributed by atoms with Gasteiger partial charge < -0.3 is 14.8 Å². The minimum Gasteiger partial charge on any atom is -0.446 e. The maximum Gasteiger partial charge on any atom is 0.321 e. The molecule has 0 saturated carbocycles. The van der Waals surface area contributed by atoms with Gasteiger partial charge in [-0.1, -0.05) is 300 Å². The van der Waals surface area contributed by atoms with Crippen LogP contribution in [0.5, 0.6) is 0 Å². The van der Waals surface area contributed by atoms with E-state index in [0.29, 0.717) is 0 Å². The second kappa shape index (κ2) is 28.1. The lowest BCUT2D eigenvalue weighted by atomic mass is 9.62. The van der Waals surface area contributed by atoms with Gasteiger partial charge in [-0.05, 0) is 224 Å². The zero-order chi connectivity index (χ0) is 65.6. The van der Waals surface area contributed by atoms with Crippen LogP contribution < -0.4 is 15.3 Å². The third-order valence-electron chi connectivity index (χ3n) is 18.3. The lowest BCUT2D eigenvalue weighted by Crippen LogP contribution is -2.26. The van der Waals surface area contributed by atoms with E-state index < -0.39 is 6.92 Å². The van der Waals surface area contributed by atoms with Gasteiger partial charge in [0.2, 0.25) is 0 Å². The number of nitrogens with zero attached hydrogens (tertiary/aromatic N) is 2. The third kappa shape index (κ3) is 13.1. The number of hydrogen-bond acceptors (Lipinski definition) is 3. The van der Waals surface area contributed by atoms with Crippen LogP contribution in [-0.4, -0.2) is 11.9 Å². The summed E-state index contributed by atoms with van der Waals surface area (Å²) in [5.41, 5.74) is 17.4. The van der Waals surface area contributed by atoms with E-state index in [1.807, 2.05) is 31.1 Å². The number of halogens is 2. The molecule has 0 heterocycles. The number of fused-ring (bicyclic) bond motifs is 9. The highest BCUT2D eigenvalue weighted by Gasteiger charge is 2.18. The van der Waals surface area contributed by atoms with Gasteiger partial charge in [-0.15, -0.1) is 0 Å². The van der Waals surface area contributed by atoms with Gasteiger partial charge in [-0.25, -0.2) is 0 Å². The van der Waals surface area contributed by atoms with Gasteiger partial charge in [-0.3, -0.25) is 0 Å². The molecule has 17 rings (SSSR count). The van der Waals surface area contributed by atoms with Crippen molar-refractivity contribution < 1.29 is 5.02 Å². The number of hydrogen-bond donors (Lipinski definition) is 1. The van der Waals surface area contributed by atoms with Crippen LogP contribution in [0.2, 0.25) is 6.82 Å². The molecule has 3 nitrogen and oxygen atoms in total. The van der Waals surface area contributed by atoms with Crippen molar-refractivity contribution in [3.8, 4) is 44.5 Å². The van der Waals surface area contributed by atoms with Crippen LogP contribution in [0.4, 0.5) is 34.1 Å². The van der Waals surface area contributed by atoms with Gasteiger partial charge in [-0.2, -0.15) is 0 Å². The maximum absolute atomic E-state index is 9.88. The summed E-state index contributed by atoms with van der Waals surface area (Å²) >= 11 is 7.05. The first-order valence-corrected chi connectivity index (χ1v) is 34.4. The van der Waals surface area contributed by atoms with Crippen LogP contribution in [0.25, 0.3) is 109 Å². The number of anilines is 6. The lowest BCUT2D eigenvalue weighted by molar-refractivity contribution is 0.594. The molecule has 0 atom stereocenters. The van der Waals surface area contributed by atoms with Crippen molar-refractivity contribution in [1.82, 2.24) is 0 Å². The Morgan fingerprint density at radius 2 is 0.464 bits per heavy atom. The van der Waals surface area contributed by atoms with Gasteiger partial charge >= 0.3 is 6.92 Å². The standard InChI is InChI=1S/C52H35N.C24H17Br2N.C15H13BO/c1-2-12-36(13-3-1)37-22-28-42(29-23-37)53(43-30-24-38(25-31-43)51-34-40-14-4-6-16-45(40)47-18-8-10-20-49(47)51)44-32-26-39(27-33-44)52-35-41-15-5-7-17-46(41)48-19-9-11-21-50(48)52;25-20-8-14-23(15-9-20)27(24-16-10-21(26)11-17-24)22-12-6-19(7-13-22)18-4-2-1-3-5-18;1-16(17)15-10-11-6-2-3-7-12(11)13-8-4-5-9-14(13)15/h1-35H;1-17H;2-10,17H,1H3. The fourth-order valence-electron chi connectivity index (χ4n) is 13.5. The van der Waals surface area contributed by atoms with E-state index in [1.54, 1.807) is 0 Å². The van der Waals surface area contributed by atoms with Crippen LogP contribution in [0.1, 0.15) is 0 Å². The van der Waals surface area contributed by atoms with Crippen molar-refractivity contribution >= 4 is 143 Å². The average molecular weight is 1370 g/mol. The molecule has 0 fully saturated rings. The smallest absolute Gasteiger partial charge is 0.321 e. The van der Waals surface area contributed by atoms with Crippen molar-refractivity contribution in [2.24, 2.45) is 0 Å². The molecule has 1 N–H and O–H groups in total. The largest absolute Gasteiger partial charge is 0.446 e. The van der Waals surface area contributed by atoms with E-state index in [1.165, 1.54) is 104 Å². The molecule has 0 unspecified atom stereocenters. The van der Waals surface area contributed by atoms with E-state index in [2.05, 4.69) is 387 Å². The Labute approximate surface area is 583 Å². The molecule has 17 aromatic rings. The molecule has 462 valence electrons. The molecule has 6 heteroatoms. The van der Waals surface area contributed by atoms with Gasteiger partial charge in [0.05, 0.1) is 0 Å². The first kappa shape index (κ1) is 62.0. The van der Waals surface area contributed by atoms with Crippen LogP contribution in [-0.2, 0) is 0 Å². The minimum absolute atomic E-state index is 0.440. The van der Waals surface area contributed by atoms with E-state index >= 15 is 0 Å². The molecule has 0 aliphatic rings. The minimum atomic E-state index is -0.440. The van der Waals surface area contributed by atoms with Crippen LogP contribution in [0, 0.1) is 0 Å². The summed E-state index contributed by atoms with van der Waals surface area (Å²) in [6.45, 7) is 1.38. The Hall–Kier alpha value is -11.1. The summed E-state index contributed by atoms with van der Waals surface area (Å²) < 4.78 is 2.14. The average Bonchev–Trinajstić information content (AvgIpc) is 0.790. The first-order chi connectivity index (χ1) is 47.8. The molecule has 97 heavy (non-hydrogen) atoms. The molecule has 0 spiro atoms. The van der Waals surface area contributed by atoms with E-state index in [0.717, 1.165) is 53.9 Å². The molecule has 0 aromatic heterocycles. The number of benzene rings is 17. The van der Waals surface area contributed by atoms with Crippen molar-refractivity contribution in [2.45, 2.75) is 6.82 Å². The lowest BCUT2D eigenvalue weighted by Gasteiger charge is -2.26. The fraction of sp³-hybridized carbons (Fsp3) is 0.0110. The summed E-state index contributed by atoms with van der Waals surface area (Å²) in [5.74, 6) is 0. The third-order valence-corrected chi connectivity index (χ3v) is 19.4. The zero-order valence-corrected chi connectivity index (χ0v) is 56.6. The van der Waals surface area contributed by atoms with Crippen molar-refractivity contribution in [3.63, 3.8) is 0 Å². The highest BCUT2D eigenvalue weighted by Crippen LogP contribution is 2.43. The van der Waals surface area contributed by atoms with E-state index in [9.17, 15) is 5.02 Å². The predicted molar refractivity (Wildman–Crippen MR) is 424 cm³/mol.